The van der Waals surface area contributed by atoms with Gasteiger partial charge in [-0.05, 0) is 72.6 Å². The molecule has 33 heavy (non-hydrogen) atoms. The third kappa shape index (κ3) is 4.54. The highest BCUT2D eigenvalue weighted by Crippen LogP contribution is 2.64. The van der Waals surface area contributed by atoms with Crippen molar-refractivity contribution in [3.05, 3.63) is 64.1 Å². The lowest BCUT2D eigenvalue weighted by molar-refractivity contribution is -0.145. The molecule has 2 amide bonds. The first kappa shape index (κ1) is 23.8. The molecule has 0 radical (unpaired) electrons. The van der Waals surface area contributed by atoms with E-state index in [1.807, 2.05) is 12.1 Å². The minimum absolute atomic E-state index is 0.0186. The van der Waals surface area contributed by atoms with Gasteiger partial charge in [0.15, 0.2) is 0 Å². The Labute approximate surface area is 199 Å². The van der Waals surface area contributed by atoms with Gasteiger partial charge in [0.25, 0.3) is 0 Å². The van der Waals surface area contributed by atoms with E-state index in [0.29, 0.717) is 24.1 Å². The number of nitrogens with one attached hydrogen (secondary N) is 1. The van der Waals surface area contributed by atoms with E-state index in [1.165, 1.54) is 12.1 Å². The molecule has 1 aliphatic carbocycles. The van der Waals surface area contributed by atoms with Crippen LogP contribution in [0.3, 0.4) is 0 Å². The van der Waals surface area contributed by atoms with E-state index in [-0.39, 0.29) is 35.6 Å². The lowest BCUT2D eigenvalue weighted by atomic mass is 9.88. The molecule has 2 aromatic carbocycles. The summed E-state index contributed by atoms with van der Waals surface area (Å²) >= 11 is 3.37. The summed E-state index contributed by atoms with van der Waals surface area (Å²) in [5, 5.41) is 2.94. The van der Waals surface area contributed by atoms with Crippen LogP contribution in [0.15, 0.2) is 53.0 Å². The number of amides is 2. The second-order valence-corrected chi connectivity index (χ2v) is 10.8. The van der Waals surface area contributed by atoms with Crippen molar-refractivity contribution in [2.45, 2.75) is 51.9 Å². The first-order valence-electron chi connectivity index (χ1n) is 10.9. The number of fused-ring (bicyclic) bond motifs is 1. The van der Waals surface area contributed by atoms with E-state index in [2.05, 4.69) is 35.1 Å². The van der Waals surface area contributed by atoms with Crippen molar-refractivity contribution in [2.75, 3.05) is 5.32 Å². The number of likely N-dealkylation sites (tertiary alicyclic amines) is 1. The Morgan fingerprint density at radius 3 is 2.24 bits per heavy atom. The molecule has 4 nitrogen and oxygen atoms in total. The van der Waals surface area contributed by atoms with Crippen LogP contribution in [0.25, 0.3) is 0 Å². The molecule has 0 bridgehead atoms. The number of rotatable bonds is 4. The molecule has 0 aromatic heterocycles. The van der Waals surface area contributed by atoms with Gasteiger partial charge in [-0.3, -0.25) is 9.59 Å². The number of hydrogen-bond acceptors (Lipinski definition) is 2. The number of hydrogen-bond donors (Lipinski definition) is 1. The largest absolute Gasteiger partial charge is 0.416 e. The van der Waals surface area contributed by atoms with E-state index < -0.39 is 17.3 Å². The lowest BCUT2D eigenvalue weighted by Gasteiger charge is -2.40. The zero-order valence-corrected chi connectivity index (χ0v) is 20.3. The molecule has 1 saturated heterocycles. The van der Waals surface area contributed by atoms with Crippen LogP contribution in [0.1, 0.15) is 44.7 Å². The number of carbonyl (C=O) groups is 2. The molecule has 1 saturated carbocycles. The summed E-state index contributed by atoms with van der Waals surface area (Å²) < 4.78 is 39.7. The molecule has 2 aliphatic rings. The second kappa shape index (κ2) is 8.15. The van der Waals surface area contributed by atoms with Crippen molar-refractivity contribution in [2.24, 2.45) is 17.3 Å². The summed E-state index contributed by atoms with van der Waals surface area (Å²) in [6.07, 6.45) is -3.60. The van der Waals surface area contributed by atoms with Crippen molar-refractivity contribution in [1.29, 1.82) is 0 Å². The third-order valence-corrected chi connectivity index (χ3v) is 7.94. The summed E-state index contributed by atoms with van der Waals surface area (Å²) in [6, 6.07) is 11.9. The monoisotopic (exact) mass is 522 g/mol. The third-order valence-electron chi connectivity index (χ3n) is 7.41. The van der Waals surface area contributed by atoms with Gasteiger partial charge in [-0.15, -0.1) is 0 Å². The number of halogens is 4. The Balaban J connectivity index is 1.64. The van der Waals surface area contributed by atoms with Crippen molar-refractivity contribution in [3.8, 4) is 0 Å². The van der Waals surface area contributed by atoms with E-state index in [1.54, 1.807) is 24.0 Å². The molecule has 1 N–H and O–H groups in total. The molecule has 8 heteroatoms. The van der Waals surface area contributed by atoms with Gasteiger partial charge in [-0.25, -0.2) is 0 Å². The number of alkyl halides is 3. The first-order chi connectivity index (χ1) is 15.3. The maximum absolute atomic E-state index is 13.6. The van der Waals surface area contributed by atoms with Crippen LogP contribution in [-0.4, -0.2) is 22.3 Å². The van der Waals surface area contributed by atoms with Gasteiger partial charge in [-0.1, -0.05) is 41.9 Å². The highest BCUT2D eigenvalue weighted by molar-refractivity contribution is 9.10. The van der Waals surface area contributed by atoms with Crippen molar-refractivity contribution >= 4 is 33.4 Å². The molecule has 2 fully saturated rings. The van der Waals surface area contributed by atoms with E-state index >= 15 is 0 Å². The highest BCUT2D eigenvalue weighted by Gasteiger charge is 2.64. The Bertz CT molecular complexity index is 1070. The predicted octanol–water partition coefficient (Wildman–Crippen LogP) is 6.26. The summed E-state index contributed by atoms with van der Waals surface area (Å²) in [6.45, 7) is 6.07. The zero-order chi connectivity index (χ0) is 24.2. The van der Waals surface area contributed by atoms with Crippen LogP contribution < -0.4 is 5.32 Å². The number of nitrogens with zero attached hydrogens (tertiary/aromatic N) is 1. The van der Waals surface area contributed by atoms with Crippen molar-refractivity contribution in [1.82, 2.24) is 4.90 Å². The van der Waals surface area contributed by atoms with Gasteiger partial charge in [0.1, 0.15) is 5.54 Å². The van der Waals surface area contributed by atoms with Gasteiger partial charge < -0.3 is 10.2 Å². The second-order valence-electron chi connectivity index (χ2n) is 9.85. The quantitative estimate of drug-likeness (QED) is 0.515. The minimum Gasteiger partial charge on any atom is -0.324 e. The van der Waals surface area contributed by atoms with E-state index in [4.69, 9.17) is 0 Å². The van der Waals surface area contributed by atoms with Crippen LogP contribution in [0, 0.1) is 17.3 Å². The smallest absolute Gasteiger partial charge is 0.324 e. The molecular weight excluding hydrogens is 497 g/mol. The van der Waals surface area contributed by atoms with Crippen LogP contribution in [0.4, 0.5) is 18.9 Å². The van der Waals surface area contributed by atoms with Gasteiger partial charge in [0, 0.05) is 23.1 Å². The SMILES string of the molecule is CC1(C)[C@@H]2CC(=O)N(Cc3ccc(C(F)(F)F)cc3)[C@](C)(C(=O)Nc3ccc(Br)cc3)C[C@@H]21. The number of anilines is 1. The molecular formula is C25H26BrF3N2O2. The Morgan fingerprint density at radius 2 is 1.67 bits per heavy atom. The number of carbonyl (C=O) groups excluding carboxylic acids is 2. The average Bonchev–Trinajstić information content (AvgIpc) is 3.28. The fraction of sp³-hybridized carbons (Fsp3) is 0.440. The lowest BCUT2D eigenvalue weighted by Crippen LogP contribution is -2.56. The molecule has 0 unspecified atom stereocenters. The minimum atomic E-state index is -4.43. The topological polar surface area (TPSA) is 49.4 Å². The van der Waals surface area contributed by atoms with Gasteiger partial charge in [-0.2, -0.15) is 13.2 Å². The fourth-order valence-corrected chi connectivity index (χ4v) is 5.30. The molecule has 2 aromatic rings. The Hall–Kier alpha value is -2.35. The number of benzene rings is 2. The summed E-state index contributed by atoms with van der Waals surface area (Å²) in [7, 11) is 0. The molecule has 1 heterocycles. The normalized spacial score (nSPS) is 26.4. The molecule has 3 atom stereocenters. The maximum Gasteiger partial charge on any atom is 0.416 e. The standard InChI is InChI=1S/C25H26BrF3N2O2/c1-23(2)19-12-21(32)31(14-15-4-6-16(7-5-15)25(27,28)29)24(3,13-20(19)23)22(33)30-18-10-8-17(26)9-11-18/h4-11,19-20H,12-14H2,1-3H3,(H,30,33)/t19-,20+,24+/m1/s1. The van der Waals surface area contributed by atoms with E-state index in [0.717, 1.165) is 16.6 Å². The molecule has 4 rings (SSSR count). The summed E-state index contributed by atoms with van der Waals surface area (Å²) in [5.74, 6) is -0.0306. The summed E-state index contributed by atoms with van der Waals surface area (Å²) in [5.41, 5.74) is -0.738. The fourth-order valence-electron chi connectivity index (χ4n) is 5.04. The van der Waals surface area contributed by atoms with Crippen LogP contribution in [-0.2, 0) is 22.3 Å². The van der Waals surface area contributed by atoms with Crippen LogP contribution in [0.5, 0.6) is 0 Å². The molecule has 1 aliphatic heterocycles. The zero-order valence-electron chi connectivity index (χ0n) is 18.7. The van der Waals surface area contributed by atoms with Gasteiger partial charge in [0.2, 0.25) is 11.8 Å². The average molecular weight is 523 g/mol. The van der Waals surface area contributed by atoms with Crippen LogP contribution in [0.2, 0.25) is 0 Å². The molecule has 0 spiro atoms. The molecule has 176 valence electrons. The van der Waals surface area contributed by atoms with Gasteiger partial charge in [0.05, 0.1) is 5.56 Å². The maximum atomic E-state index is 13.6. The highest BCUT2D eigenvalue weighted by atomic mass is 79.9. The summed E-state index contributed by atoms with van der Waals surface area (Å²) in [4.78, 5) is 28.5. The van der Waals surface area contributed by atoms with Crippen LogP contribution >= 0.6 is 15.9 Å². The van der Waals surface area contributed by atoms with E-state index in [9.17, 15) is 22.8 Å². The van der Waals surface area contributed by atoms with Crippen molar-refractivity contribution in [3.63, 3.8) is 0 Å². The first-order valence-corrected chi connectivity index (χ1v) is 11.7. The van der Waals surface area contributed by atoms with Crippen molar-refractivity contribution < 1.29 is 22.8 Å². The Kier molecular flexibility index (Phi) is 5.88. The Morgan fingerprint density at radius 1 is 1.06 bits per heavy atom. The van der Waals surface area contributed by atoms with Gasteiger partial charge >= 0.3 is 6.18 Å². The predicted molar refractivity (Wildman–Crippen MR) is 123 cm³/mol.